The van der Waals surface area contributed by atoms with Crippen molar-refractivity contribution in [2.24, 2.45) is 5.73 Å². The second kappa shape index (κ2) is 8.30. The minimum atomic E-state index is -0.698. The van der Waals surface area contributed by atoms with Crippen LogP contribution in [0.25, 0.3) is 10.1 Å². The Morgan fingerprint density at radius 1 is 1.36 bits per heavy atom. The van der Waals surface area contributed by atoms with E-state index in [1.807, 2.05) is 0 Å². The minimum Gasteiger partial charge on any atom is -0.394 e. The SMILES string of the molecule is Cc1ccc(Nc2c(C(=O)NOCCO)sc3c(C(N)=O)cncc23)c(F)c1. The van der Waals surface area contributed by atoms with Crippen LogP contribution in [0.15, 0.2) is 30.6 Å². The lowest BCUT2D eigenvalue weighted by Gasteiger charge is -2.10. The van der Waals surface area contributed by atoms with Crippen molar-refractivity contribution in [3.05, 3.63) is 52.4 Å². The van der Waals surface area contributed by atoms with Crippen molar-refractivity contribution in [1.82, 2.24) is 10.5 Å². The molecule has 3 rings (SSSR count). The number of aliphatic hydroxyl groups is 1. The molecule has 3 aromatic rings. The van der Waals surface area contributed by atoms with E-state index in [0.717, 1.165) is 16.9 Å². The number of pyridine rings is 1. The van der Waals surface area contributed by atoms with Gasteiger partial charge in [-0.3, -0.25) is 19.4 Å². The van der Waals surface area contributed by atoms with Gasteiger partial charge >= 0.3 is 0 Å². The van der Waals surface area contributed by atoms with E-state index in [1.165, 1.54) is 18.5 Å². The fraction of sp³-hybridized carbons (Fsp3) is 0.167. The number of nitrogens with two attached hydrogens (primary N) is 1. The van der Waals surface area contributed by atoms with Crippen molar-refractivity contribution in [2.75, 3.05) is 18.5 Å². The Morgan fingerprint density at radius 2 is 2.14 bits per heavy atom. The van der Waals surface area contributed by atoms with Gasteiger partial charge in [-0.2, -0.15) is 0 Å². The third kappa shape index (κ3) is 3.93. The molecule has 0 radical (unpaired) electrons. The molecule has 5 N–H and O–H groups in total. The number of carbonyl (C=O) groups is 2. The number of nitrogens with zero attached hydrogens (tertiary/aromatic N) is 1. The van der Waals surface area contributed by atoms with E-state index < -0.39 is 17.6 Å². The summed E-state index contributed by atoms with van der Waals surface area (Å²) >= 11 is 0.993. The highest BCUT2D eigenvalue weighted by molar-refractivity contribution is 7.22. The number of aryl methyl sites for hydroxylation is 1. The molecule has 1 aromatic carbocycles. The number of primary amides is 1. The summed E-state index contributed by atoms with van der Waals surface area (Å²) in [6.07, 6.45) is 2.76. The summed E-state index contributed by atoms with van der Waals surface area (Å²) in [5, 5.41) is 12.1. The summed E-state index contributed by atoms with van der Waals surface area (Å²) in [5.41, 5.74) is 8.91. The number of amides is 2. The molecule has 2 heterocycles. The number of fused-ring (bicyclic) bond motifs is 1. The second-order valence-electron chi connectivity index (χ2n) is 5.85. The quantitative estimate of drug-likeness (QED) is 0.353. The van der Waals surface area contributed by atoms with Crippen LogP contribution in [0, 0.1) is 12.7 Å². The van der Waals surface area contributed by atoms with Crippen LogP contribution in [0.3, 0.4) is 0 Å². The van der Waals surface area contributed by atoms with E-state index in [0.29, 0.717) is 10.1 Å². The van der Waals surface area contributed by atoms with Gasteiger partial charge in [-0.15, -0.1) is 11.3 Å². The lowest BCUT2D eigenvalue weighted by Crippen LogP contribution is -2.25. The van der Waals surface area contributed by atoms with Gasteiger partial charge in [-0.05, 0) is 24.6 Å². The number of halogens is 1. The maximum atomic E-state index is 14.3. The molecule has 0 aliphatic heterocycles. The van der Waals surface area contributed by atoms with Crippen molar-refractivity contribution >= 4 is 44.6 Å². The molecular formula is C18H17FN4O4S. The molecule has 0 fully saturated rings. The van der Waals surface area contributed by atoms with Crippen molar-refractivity contribution < 1.29 is 23.9 Å². The molecule has 0 saturated heterocycles. The zero-order chi connectivity index (χ0) is 20.3. The topological polar surface area (TPSA) is 127 Å². The van der Waals surface area contributed by atoms with Crippen LogP contribution in [0.2, 0.25) is 0 Å². The van der Waals surface area contributed by atoms with Crippen LogP contribution in [0.5, 0.6) is 0 Å². The summed E-state index contributed by atoms with van der Waals surface area (Å²) in [5.74, 6) is -1.82. The number of aromatic nitrogens is 1. The number of hydrogen-bond acceptors (Lipinski definition) is 7. The molecule has 0 bridgehead atoms. The third-order valence-electron chi connectivity index (χ3n) is 3.81. The Kier molecular flexibility index (Phi) is 5.83. The smallest absolute Gasteiger partial charge is 0.287 e. The number of thiophene rings is 1. The average molecular weight is 404 g/mol. The predicted molar refractivity (Wildman–Crippen MR) is 103 cm³/mol. The van der Waals surface area contributed by atoms with Gasteiger partial charge in [0.1, 0.15) is 10.7 Å². The molecular weight excluding hydrogens is 387 g/mol. The fourth-order valence-electron chi connectivity index (χ4n) is 2.54. The Hall–Kier alpha value is -3.08. The highest BCUT2D eigenvalue weighted by Crippen LogP contribution is 2.39. The van der Waals surface area contributed by atoms with Crippen LogP contribution in [-0.4, -0.2) is 35.1 Å². The first-order valence-corrected chi connectivity index (χ1v) is 9.00. The molecule has 2 aromatic heterocycles. The van der Waals surface area contributed by atoms with Gasteiger partial charge in [0.05, 0.1) is 34.9 Å². The molecule has 0 saturated carbocycles. The van der Waals surface area contributed by atoms with E-state index in [-0.39, 0.29) is 35.0 Å². The summed E-state index contributed by atoms with van der Waals surface area (Å²) in [6, 6.07) is 4.62. The molecule has 146 valence electrons. The molecule has 0 aliphatic rings. The highest BCUT2D eigenvalue weighted by Gasteiger charge is 2.23. The Morgan fingerprint density at radius 3 is 2.82 bits per heavy atom. The lowest BCUT2D eigenvalue weighted by atomic mass is 10.1. The monoisotopic (exact) mass is 404 g/mol. The molecule has 28 heavy (non-hydrogen) atoms. The van der Waals surface area contributed by atoms with Crippen LogP contribution >= 0.6 is 11.3 Å². The first kappa shape index (κ1) is 19.7. The van der Waals surface area contributed by atoms with Gasteiger partial charge < -0.3 is 16.2 Å². The van der Waals surface area contributed by atoms with Crippen LogP contribution < -0.4 is 16.5 Å². The van der Waals surface area contributed by atoms with Crippen molar-refractivity contribution in [1.29, 1.82) is 0 Å². The predicted octanol–water partition coefficient (Wildman–Crippen LogP) is 2.24. The van der Waals surface area contributed by atoms with E-state index in [9.17, 15) is 14.0 Å². The number of benzene rings is 1. The van der Waals surface area contributed by atoms with Crippen molar-refractivity contribution in [3.8, 4) is 0 Å². The summed E-state index contributed by atoms with van der Waals surface area (Å²) < 4.78 is 14.8. The molecule has 0 aliphatic carbocycles. The summed E-state index contributed by atoms with van der Waals surface area (Å²) in [4.78, 5) is 33.3. The van der Waals surface area contributed by atoms with Gasteiger partial charge in [0.25, 0.3) is 11.8 Å². The van der Waals surface area contributed by atoms with E-state index in [4.69, 9.17) is 15.7 Å². The Bertz CT molecular complexity index is 1050. The van der Waals surface area contributed by atoms with E-state index in [1.54, 1.807) is 19.1 Å². The normalized spacial score (nSPS) is 10.8. The molecule has 0 atom stereocenters. The van der Waals surface area contributed by atoms with E-state index in [2.05, 4.69) is 15.8 Å². The number of nitrogens with one attached hydrogen (secondary N) is 2. The number of rotatable bonds is 7. The molecule has 10 heteroatoms. The van der Waals surface area contributed by atoms with Gasteiger partial charge in [-0.1, -0.05) is 6.07 Å². The van der Waals surface area contributed by atoms with Crippen LogP contribution in [0.1, 0.15) is 25.6 Å². The Balaban J connectivity index is 2.11. The maximum Gasteiger partial charge on any atom is 0.287 e. The zero-order valence-electron chi connectivity index (χ0n) is 14.8. The van der Waals surface area contributed by atoms with Crippen LogP contribution in [-0.2, 0) is 4.84 Å². The molecule has 0 spiro atoms. The fourth-order valence-corrected chi connectivity index (χ4v) is 3.67. The highest BCUT2D eigenvalue weighted by atomic mass is 32.1. The minimum absolute atomic E-state index is 0.0971. The second-order valence-corrected chi connectivity index (χ2v) is 6.87. The van der Waals surface area contributed by atoms with E-state index >= 15 is 0 Å². The third-order valence-corrected chi connectivity index (χ3v) is 5.05. The van der Waals surface area contributed by atoms with Crippen LogP contribution in [0.4, 0.5) is 15.8 Å². The Labute approximate surface area is 163 Å². The zero-order valence-corrected chi connectivity index (χ0v) is 15.6. The van der Waals surface area contributed by atoms with Crippen molar-refractivity contribution in [2.45, 2.75) is 6.92 Å². The number of carbonyl (C=O) groups excluding carboxylic acids is 2. The molecule has 0 unspecified atom stereocenters. The molecule has 2 amide bonds. The first-order chi connectivity index (χ1) is 13.4. The number of hydroxylamine groups is 1. The van der Waals surface area contributed by atoms with Gasteiger partial charge in [0, 0.05) is 17.8 Å². The number of hydrogen-bond donors (Lipinski definition) is 4. The number of anilines is 2. The first-order valence-electron chi connectivity index (χ1n) is 8.18. The average Bonchev–Trinajstić information content (AvgIpc) is 3.02. The van der Waals surface area contributed by atoms with Gasteiger partial charge in [-0.25, -0.2) is 9.87 Å². The summed E-state index contributed by atoms with van der Waals surface area (Å²) in [7, 11) is 0. The lowest BCUT2D eigenvalue weighted by molar-refractivity contribution is 0.0172. The van der Waals surface area contributed by atoms with Crippen molar-refractivity contribution in [3.63, 3.8) is 0 Å². The van der Waals surface area contributed by atoms with Gasteiger partial charge in [0.15, 0.2) is 0 Å². The standard InChI is InChI=1S/C18H17FN4O4S/c1-9-2-3-13(12(19)6-9)22-14-10-7-21-8-11(17(20)25)15(10)28-16(14)18(26)23-27-5-4-24/h2-3,6-8,22,24H,4-5H2,1H3,(H2,20,25)(H,23,26). The number of aliphatic hydroxyl groups excluding tert-OH is 1. The molecule has 8 nitrogen and oxygen atoms in total. The summed E-state index contributed by atoms with van der Waals surface area (Å²) in [6.45, 7) is 1.38. The van der Waals surface area contributed by atoms with Gasteiger partial charge in [0.2, 0.25) is 0 Å². The maximum absolute atomic E-state index is 14.3. The largest absolute Gasteiger partial charge is 0.394 e.